The molecule has 0 aromatic rings. The second-order valence-corrected chi connectivity index (χ2v) is 3.51. The first-order chi connectivity index (χ1) is 8.56. The van der Waals surface area contributed by atoms with E-state index in [9.17, 15) is 14.7 Å². The molecule has 0 bridgehead atoms. The Hall–Kier alpha value is -1.30. The van der Waals surface area contributed by atoms with E-state index in [0.29, 0.717) is 0 Å². The molecule has 10 nitrogen and oxygen atoms in total. The van der Waals surface area contributed by atoms with Crippen molar-refractivity contribution in [3.63, 3.8) is 0 Å². The van der Waals surface area contributed by atoms with Crippen molar-refractivity contribution in [2.45, 2.75) is 37.4 Å². The number of aliphatic hydroxyl groups is 6. The lowest BCUT2D eigenvalue weighted by Gasteiger charge is -2.23. The van der Waals surface area contributed by atoms with Crippen molar-refractivity contribution in [1.29, 1.82) is 0 Å². The maximum absolute atomic E-state index is 10.1. The fraction of sp³-hybridized carbons (Fsp3) is 0.778. The van der Waals surface area contributed by atoms with Crippen LogP contribution >= 0.6 is 0 Å². The number of carbonyl (C=O) groups excluding carboxylic acids is 1. The minimum atomic E-state index is -2.20. The fourth-order valence-electron chi connectivity index (χ4n) is 0.668. The van der Waals surface area contributed by atoms with Gasteiger partial charge in [0.05, 0.1) is 18.7 Å². The van der Waals surface area contributed by atoms with Crippen LogP contribution in [0, 0.1) is 0 Å². The standard InChI is InChI=1S/C6H12O7.C3H6O3/c7-1-2(8)3(9)4(10)5(11)6(12)13;1-2(4)3(5)6/h2-5,7-11H,1H2,(H,12,13);2,4H,1H3,(H,5,6)/p-1/t2-,3-,4+,5-;2-/m10/s1. The molecule has 0 fully saturated rings. The van der Waals surface area contributed by atoms with E-state index >= 15 is 0 Å². The van der Waals surface area contributed by atoms with Crippen LogP contribution in [0.3, 0.4) is 0 Å². The van der Waals surface area contributed by atoms with Crippen LogP contribution in [0.25, 0.3) is 0 Å². The van der Waals surface area contributed by atoms with Crippen molar-refractivity contribution >= 4 is 11.9 Å². The molecule has 114 valence electrons. The van der Waals surface area contributed by atoms with Crippen molar-refractivity contribution < 1.29 is 50.4 Å². The normalized spacial score (nSPS) is 18.3. The zero-order valence-corrected chi connectivity index (χ0v) is 9.95. The van der Waals surface area contributed by atoms with Crippen LogP contribution in [0.5, 0.6) is 0 Å². The second-order valence-electron chi connectivity index (χ2n) is 3.51. The van der Waals surface area contributed by atoms with E-state index < -0.39 is 49.1 Å². The second kappa shape index (κ2) is 9.61. The number of aliphatic hydroxyl groups excluding tert-OH is 6. The molecule has 0 rings (SSSR count). The van der Waals surface area contributed by atoms with Gasteiger partial charge in [0, 0.05) is 0 Å². The third-order valence-electron chi connectivity index (χ3n) is 1.85. The van der Waals surface area contributed by atoms with Gasteiger partial charge in [-0.15, -0.1) is 0 Å². The molecule has 0 spiro atoms. The van der Waals surface area contributed by atoms with Gasteiger partial charge in [-0.2, -0.15) is 0 Å². The Morgan fingerprint density at radius 1 is 1.05 bits per heavy atom. The van der Waals surface area contributed by atoms with E-state index in [1.165, 1.54) is 0 Å². The Kier molecular flexibility index (Phi) is 10.1. The molecular weight excluding hydrogens is 268 g/mol. The Balaban J connectivity index is 0. The molecule has 0 unspecified atom stereocenters. The molecule has 0 radical (unpaired) electrons. The Morgan fingerprint density at radius 2 is 1.42 bits per heavy atom. The number of hydrogen-bond acceptors (Lipinski definition) is 9. The number of hydrogen-bond donors (Lipinski definition) is 7. The molecule has 0 aromatic carbocycles. The molecule has 0 amide bonds. The smallest absolute Gasteiger partial charge is 0.335 e. The summed E-state index contributed by atoms with van der Waals surface area (Å²) >= 11 is 0. The summed E-state index contributed by atoms with van der Waals surface area (Å²) in [5, 5.41) is 69.1. The van der Waals surface area contributed by atoms with E-state index in [4.69, 9.17) is 35.7 Å². The summed E-state index contributed by atoms with van der Waals surface area (Å²) < 4.78 is 0. The molecule has 5 atom stereocenters. The maximum Gasteiger partial charge on any atom is 0.335 e. The molecule has 19 heavy (non-hydrogen) atoms. The SMILES string of the molecule is C[C@H](O)C(=O)[O-].O=C(O)[C@H](O)[C@@H](O)[C@H](O)[C@H](O)CO. The van der Waals surface area contributed by atoms with Crippen molar-refractivity contribution in [1.82, 2.24) is 0 Å². The van der Waals surface area contributed by atoms with E-state index in [1.807, 2.05) is 0 Å². The van der Waals surface area contributed by atoms with E-state index in [2.05, 4.69) is 0 Å². The van der Waals surface area contributed by atoms with Crippen molar-refractivity contribution in [2.24, 2.45) is 0 Å². The molecule has 7 N–H and O–H groups in total. The molecule has 0 saturated carbocycles. The van der Waals surface area contributed by atoms with Crippen molar-refractivity contribution in [2.75, 3.05) is 6.61 Å². The zero-order chi connectivity index (χ0) is 15.7. The first-order valence-electron chi connectivity index (χ1n) is 5.01. The van der Waals surface area contributed by atoms with E-state index in [1.54, 1.807) is 0 Å². The molecule has 0 aliphatic rings. The van der Waals surface area contributed by atoms with E-state index in [-0.39, 0.29) is 0 Å². The van der Waals surface area contributed by atoms with Gasteiger partial charge in [0.25, 0.3) is 0 Å². The van der Waals surface area contributed by atoms with Crippen molar-refractivity contribution in [3.8, 4) is 0 Å². The van der Waals surface area contributed by atoms with Crippen LogP contribution in [0.4, 0.5) is 0 Å². The van der Waals surface area contributed by atoms with Gasteiger partial charge >= 0.3 is 5.97 Å². The largest absolute Gasteiger partial charge is 0.547 e. The minimum Gasteiger partial charge on any atom is -0.547 e. The predicted octanol–water partition coefficient (Wildman–Crippen LogP) is -5.38. The lowest BCUT2D eigenvalue weighted by atomic mass is 10.0. The van der Waals surface area contributed by atoms with Crippen LogP contribution < -0.4 is 5.11 Å². The number of carboxylic acids is 2. The first kappa shape index (κ1) is 20.0. The highest BCUT2D eigenvalue weighted by Crippen LogP contribution is 2.04. The third kappa shape index (κ3) is 8.42. The van der Waals surface area contributed by atoms with Gasteiger partial charge in [0.1, 0.15) is 18.3 Å². The third-order valence-corrected chi connectivity index (χ3v) is 1.85. The number of carboxylic acid groups (broad SMARTS) is 2. The molecule has 0 aromatic heterocycles. The van der Waals surface area contributed by atoms with Crippen LogP contribution in [-0.2, 0) is 9.59 Å². The molecular formula is C9H17O10-. The summed E-state index contributed by atoms with van der Waals surface area (Å²) in [5.41, 5.74) is 0. The molecule has 0 heterocycles. The summed E-state index contributed by atoms with van der Waals surface area (Å²) in [6, 6.07) is 0. The molecule has 0 saturated heterocycles. The highest BCUT2D eigenvalue weighted by Gasteiger charge is 2.33. The lowest BCUT2D eigenvalue weighted by molar-refractivity contribution is -0.314. The molecule has 0 aliphatic heterocycles. The first-order valence-corrected chi connectivity index (χ1v) is 5.01. The van der Waals surface area contributed by atoms with E-state index in [0.717, 1.165) is 6.92 Å². The topological polar surface area (TPSA) is 199 Å². The van der Waals surface area contributed by atoms with Crippen LogP contribution in [-0.4, -0.2) is 84.8 Å². The van der Waals surface area contributed by atoms with Gasteiger partial charge in [-0.05, 0) is 6.92 Å². The van der Waals surface area contributed by atoms with Gasteiger partial charge in [-0.25, -0.2) is 4.79 Å². The average Bonchev–Trinajstić information content (AvgIpc) is 2.35. The summed E-state index contributed by atoms with van der Waals surface area (Å²) in [7, 11) is 0. The molecule has 0 aliphatic carbocycles. The lowest BCUT2D eigenvalue weighted by Crippen LogP contribution is -2.48. The van der Waals surface area contributed by atoms with Gasteiger partial charge in [0.2, 0.25) is 0 Å². The highest BCUT2D eigenvalue weighted by molar-refractivity contribution is 5.72. The van der Waals surface area contributed by atoms with Crippen molar-refractivity contribution in [3.05, 3.63) is 0 Å². The number of aliphatic carboxylic acids is 2. The van der Waals surface area contributed by atoms with Crippen LogP contribution in [0.2, 0.25) is 0 Å². The number of rotatable bonds is 6. The maximum atomic E-state index is 10.1. The van der Waals surface area contributed by atoms with Crippen LogP contribution in [0.1, 0.15) is 6.92 Å². The Bertz CT molecular complexity index is 278. The number of carbonyl (C=O) groups is 2. The minimum absolute atomic E-state index is 0.843. The van der Waals surface area contributed by atoms with Gasteiger partial charge in [0.15, 0.2) is 6.10 Å². The Labute approximate surface area is 107 Å². The quantitative estimate of drug-likeness (QED) is 0.247. The summed E-state index contributed by atoms with van der Waals surface area (Å²) in [4.78, 5) is 19.4. The van der Waals surface area contributed by atoms with Gasteiger partial charge < -0.3 is 45.6 Å². The van der Waals surface area contributed by atoms with Gasteiger partial charge in [-0.3, -0.25) is 0 Å². The zero-order valence-electron chi connectivity index (χ0n) is 9.95. The van der Waals surface area contributed by atoms with Gasteiger partial charge in [-0.1, -0.05) is 0 Å². The summed E-state index contributed by atoms with van der Waals surface area (Å²) in [5.74, 6) is -3.16. The Morgan fingerprint density at radius 3 is 1.63 bits per heavy atom. The molecule has 10 heteroatoms. The summed E-state index contributed by atoms with van der Waals surface area (Å²) in [6.07, 6.45) is -9.18. The average molecular weight is 285 g/mol. The predicted molar refractivity (Wildman–Crippen MR) is 55.4 cm³/mol. The fourth-order valence-corrected chi connectivity index (χ4v) is 0.668. The highest BCUT2D eigenvalue weighted by atomic mass is 16.4. The summed E-state index contributed by atoms with van der Waals surface area (Å²) in [6.45, 7) is 0.292. The monoisotopic (exact) mass is 285 g/mol. The van der Waals surface area contributed by atoms with Crippen LogP contribution in [0.15, 0.2) is 0 Å².